The maximum atomic E-state index is 11.9. The van der Waals surface area contributed by atoms with Crippen molar-refractivity contribution < 1.29 is 29.6 Å². The van der Waals surface area contributed by atoms with E-state index in [-0.39, 0.29) is 12.4 Å². The SMILES string of the molecule is CCOC(=O)Nc1cnn([C@@H]2O[C@H](CO)[C@@H](O)[C@H]2O)c(=O)n1. The molecule has 11 heteroatoms. The Hall–Kier alpha value is -2.08. The molecule has 4 atom stereocenters. The smallest absolute Gasteiger partial charge is 0.412 e. The van der Waals surface area contributed by atoms with E-state index in [1.165, 1.54) is 0 Å². The molecule has 2 rings (SSSR count). The van der Waals surface area contributed by atoms with Crippen molar-refractivity contribution in [3.05, 3.63) is 16.7 Å². The highest BCUT2D eigenvalue weighted by Gasteiger charge is 2.44. The van der Waals surface area contributed by atoms with E-state index in [0.29, 0.717) is 4.68 Å². The molecule has 0 bridgehead atoms. The van der Waals surface area contributed by atoms with Crippen LogP contribution in [0.4, 0.5) is 10.6 Å². The number of carbonyl (C=O) groups is 1. The van der Waals surface area contributed by atoms with Gasteiger partial charge in [-0.05, 0) is 6.92 Å². The number of carbonyl (C=O) groups excluding carboxylic acids is 1. The Balaban J connectivity index is 2.17. The molecule has 0 aliphatic carbocycles. The summed E-state index contributed by atoms with van der Waals surface area (Å²) in [4.78, 5) is 26.6. The van der Waals surface area contributed by atoms with Gasteiger partial charge in [-0.2, -0.15) is 14.8 Å². The molecule has 1 aliphatic heterocycles. The van der Waals surface area contributed by atoms with Crippen LogP contribution in [0.3, 0.4) is 0 Å². The van der Waals surface area contributed by atoms with Crippen LogP contribution in [0.15, 0.2) is 11.0 Å². The maximum Gasteiger partial charge on any atom is 0.412 e. The third-order valence-electron chi connectivity index (χ3n) is 2.98. The molecule has 22 heavy (non-hydrogen) atoms. The van der Waals surface area contributed by atoms with Crippen LogP contribution in [-0.4, -0.2) is 67.7 Å². The zero-order valence-corrected chi connectivity index (χ0v) is 11.6. The fourth-order valence-electron chi connectivity index (χ4n) is 1.94. The van der Waals surface area contributed by atoms with E-state index in [9.17, 15) is 19.8 Å². The molecule has 0 saturated carbocycles. The average Bonchev–Trinajstić information content (AvgIpc) is 2.75. The van der Waals surface area contributed by atoms with Crippen molar-refractivity contribution in [2.45, 2.75) is 31.5 Å². The molecule has 11 nitrogen and oxygen atoms in total. The van der Waals surface area contributed by atoms with Crippen molar-refractivity contribution in [1.29, 1.82) is 0 Å². The van der Waals surface area contributed by atoms with Crippen molar-refractivity contribution in [3.63, 3.8) is 0 Å². The molecule has 1 aromatic heterocycles. The third-order valence-corrected chi connectivity index (χ3v) is 2.98. The normalized spacial score (nSPS) is 27.6. The molecule has 0 aromatic carbocycles. The first-order chi connectivity index (χ1) is 10.5. The van der Waals surface area contributed by atoms with E-state index in [0.717, 1.165) is 6.20 Å². The summed E-state index contributed by atoms with van der Waals surface area (Å²) in [6, 6.07) is 0. The Labute approximate surface area is 124 Å². The molecule has 1 fully saturated rings. The number of aliphatic hydroxyl groups is 3. The second kappa shape index (κ2) is 6.79. The zero-order chi connectivity index (χ0) is 16.3. The Morgan fingerprint density at radius 2 is 2.23 bits per heavy atom. The van der Waals surface area contributed by atoms with E-state index >= 15 is 0 Å². The molecule has 122 valence electrons. The summed E-state index contributed by atoms with van der Waals surface area (Å²) in [5.74, 6) is -0.133. The van der Waals surface area contributed by atoms with Gasteiger partial charge >= 0.3 is 11.8 Å². The van der Waals surface area contributed by atoms with Gasteiger partial charge in [-0.1, -0.05) is 0 Å². The van der Waals surface area contributed by atoms with Gasteiger partial charge in [0.15, 0.2) is 12.0 Å². The van der Waals surface area contributed by atoms with Gasteiger partial charge in [-0.25, -0.2) is 9.59 Å². The number of nitrogens with one attached hydrogen (secondary N) is 1. The highest BCUT2D eigenvalue weighted by molar-refractivity contribution is 5.82. The Morgan fingerprint density at radius 1 is 1.50 bits per heavy atom. The second-order valence-electron chi connectivity index (χ2n) is 4.44. The van der Waals surface area contributed by atoms with Crippen molar-refractivity contribution in [1.82, 2.24) is 14.8 Å². The highest BCUT2D eigenvalue weighted by Crippen LogP contribution is 2.27. The zero-order valence-electron chi connectivity index (χ0n) is 11.6. The molecule has 1 amide bonds. The minimum absolute atomic E-state index is 0.133. The lowest BCUT2D eigenvalue weighted by molar-refractivity contribution is -0.0616. The average molecular weight is 316 g/mol. The van der Waals surface area contributed by atoms with Gasteiger partial charge < -0.3 is 24.8 Å². The van der Waals surface area contributed by atoms with E-state index in [1.54, 1.807) is 6.92 Å². The van der Waals surface area contributed by atoms with Crippen LogP contribution in [0.25, 0.3) is 0 Å². The lowest BCUT2D eigenvalue weighted by Crippen LogP contribution is -2.37. The van der Waals surface area contributed by atoms with E-state index < -0.39 is 42.9 Å². The number of aromatic nitrogens is 3. The lowest BCUT2D eigenvalue weighted by Gasteiger charge is -2.15. The summed E-state index contributed by atoms with van der Waals surface area (Å²) in [5.41, 5.74) is -0.913. The van der Waals surface area contributed by atoms with Crippen molar-refractivity contribution in [3.8, 4) is 0 Å². The first-order valence-electron chi connectivity index (χ1n) is 6.50. The molecule has 0 spiro atoms. The largest absolute Gasteiger partial charge is 0.450 e. The van der Waals surface area contributed by atoms with Crippen LogP contribution in [0, 0.1) is 0 Å². The van der Waals surface area contributed by atoms with Crippen LogP contribution in [-0.2, 0) is 9.47 Å². The predicted molar refractivity (Wildman–Crippen MR) is 69.9 cm³/mol. The number of aliphatic hydroxyl groups excluding tert-OH is 3. The van der Waals surface area contributed by atoms with Crippen molar-refractivity contribution in [2.24, 2.45) is 0 Å². The fourth-order valence-corrected chi connectivity index (χ4v) is 1.94. The summed E-state index contributed by atoms with van der Waals surface area (Å²) in [5, 5.41) is 34.4. The second-order valence-corrected chi connectivity index (χ2v) is 4.44. The molecule has 0 unspecified atom stereocenters. The standard InChI is InChI=1S/C11H16N4O7/c1-2-21-11(20)14-6-3-12-15(10(19)13-6)9-8(18)7(17)5(4-16)22-9/h3,5,7-9,16-18H,2,4H2,1H3,(H,13,14,19,20)/t5-,7-,8-,9-/m1/s1. The summed E-state index contributed by atoms with van der Waals surface area (Å²) >= 11 is 0. The Bertz CT molecular complexity index is 592. The van der Waals surface area contributed by atoms with Crippen molar-refractivity contribution in [2.75, 3.05) is 18.5 Å². The van der Waals surface area contributed by atoms with Gasteiger partial charge in [-0.15, -0.1) is 0 Å². The third kappa shape index (κ3) is 3.22. The number of hydrogen-bond acceptors (Lipinski definition) is 9. The van der Waals surface area contributed by atoms with Gasteiger partial charge in [0.2, 0.25) is 0 Å². The monoisotopic (exact) mass is 316 g/mol. The molecular formula is C11H16N4O7. The van der Waals surface area contributed by atoms with Crippen LogP contribution in [0.1, 0.15) is 13.2 Å². The summed E-state index contributed by atoms with van der Waals surface area (Å²) in [6.07, 6.45) is -4.86. The number of ether oxygens (including phenoxy) is 2. The van der Waals surface area contributed by atoms with Crippen LogP contribution >= 0.6 is 0 Å². The number of hydrogen-bond donors (Lipinski definition) is 4. The van der Waals surface area contributed by atoms with E-state index in [1.807, 2.05) is 0 Å². The number of nitrogens with zero attached hydrogens (tertiary/aromatic N) is 3. The number of amides is 1. The summed E-state index contributed by atoms with van der Waals surface area (Å²) in [6.45, 7) is 1.24. The van der Waals surface area contributed by atoms with Gasteiger partial charge in [0.25, 0.3) is 0 Å². The van der Waals surface area contributed by atoms with Gasteiger partial charge in [0.05, 0.1) is 19.4 Å². The van der Waals surface area contributed by atoms with Crippen LogP contribution in [0.2, 0.25) is 0 Å². The molecule has 0 radical (unpaired) electrons. The first-order valence-corrected chi connectivity index (χ1v) is 6.50. The van der Waals surface area contributed by atoms with E-state index in [4.69, 9.17) is 9.84 Å². The quantitative estimate of drug-likeness (QED) is 0.485. The fraction of sp³-hybridized carbons (Fsp3) is 0.636. The minimum Gasteiger partial charge on any atom is -0.450 e. The highest BCUT2D eigenvalue weighted by atomic mass is 16.6. The van der Waals surface area contributed by atoms with Crippen molar-refractivity contribution >= 4 is 11.9 Å². The molecule has 1 aliphatic rings. The number of rotatable bonds is 4. The number of anilines is 1. The molecule has 2 heterocycles. The minimum atomic E-state index is -1.45. The van der Waals surface area contributed by atoms with Gasteiger partial charge in [0.1, 0.15) is 18.3 Å². The maximum absolute atomic E-state index is 11.9. The Morgan fingerprint density at radius 3 is 2.77 bits per heavy atom. The predicted octanol–water partition coefficient (Wildman–Crippen LogP) is -2.18. The molecule has 1 saturated heterocycles. The van der Waals surface area contributed by atoms with Crippen LogP contribution < -0.4 is 11.0 Å². The summed E-state index contributed by atoms with van der Waals surface area (Å²) in [7, 11) is 0. The first kappa shape index (κ1) is 16.3. The van der Waals surface area contributed by atoms with E-state index in [2.05, 4.69) is 20.1 Å². The lowest BCUT2D eigenvalue weighted by atomic mass is 10.1. The molecule has 4 N–H and O–H groups in total. The van der Waals surface area contributed by atoms with Gasteiger partial charge in [0, 0.05) is 0 Å². The Kier molecular flexibility index (Phi) is 5.03. The van der Waals surface area contributed by atoms with Gasteiger partial charge in [-0.3, -0.25) is 5.32 Å². The van der Waals surface area contributed by atoms with Crippen LogP contribution in [0.5, 0.6) is 0 Å². The molecular weight excluding hydrogens is 300 g/mol. The topological polar surface area (TPSA) is 156 Å². The summed E-state index contributed by atoms with van der Waals surface area (Å²) < 4.78 is 10.5. The molecule has 1 aromatic rings.